The maximum absolute atomic E-state index is 11.0. The Morgan fingerprint density at radius 2 is 2.00 bits per heavy atom. The van der Waals surface area contributed by atoms with Crippen LogP contribution in [0.1, 0.15) is 18.9 Å². The predicted octanol–water partition coefficient (Wildman–Crippen LogP) is 1.77. The second kappa shape index (κ2) is 5.36. The van der Waals surface area contributed by atoms with Gasteiger partial charge in [0.05, 0.1) is 0 Å². The second-order valence-electron chi connectivity index (χ2n) is 2.85. The van der Waals surface area contributed by atoms with Crippen LogP contribution in [0.25, 0.3) is 0 Å². The van der Waals surface area contributed by atoms with Crippen LogP contribution in [0.3, 0.4) is 0 Å². The Morgan fingerprint density at radius 1 is 1.31 bits per heavy atom. The van der Waals surface area contributed by atoms with E-state index in [4.69, 9.17) is 0 Å². The second-order valence-corrected chi connectivity index (χ2v) is 2.85. The standard InChI is InChI=1S/C11H14NO/c1-2-12-11(13)9-8-10-6-4-3-5-7-10/h3-7H,2,8-9H2,1H3. The van der Waals surface area contributed by atoms with Gasteiger partial charge in [0.25, 0.3) is 0 Å². The van der Waals surface area contributed by atoms with Crippen LogP contribution in [0.5, 0.6) is 0 Å². The third-order valence-corrected chi connectivity index (χ3v) is 1.80. The normalized spacial score (nSPS) is 9.62. The monoisotopic (exact) mass is 176 g/mol. The van der Waals surface area contributed by atoms with E-state index in [0.717, 1.165) is 6.42 Å². The number of hydrogen-bond donors (Lipinski definition) is 0. The van der Waals surface area contributed by atoms with E-state index in [9.17, 15) is 4.79 Å². The smallest absolute Gasteiger partial charge is 0.241 e. The molecule has 0 aromatic heterocycles. The lowest BCUT2D eigenvalue weighted by molar-refractivity contribution is -0.121. The molecular weight excluding hydrogens is 162 g/mol. The minimum absolute atomic E-state index is 0.00588. The fourth-order valence-electron chi connectivity index (χ4n) is 1.15. The molecule has 1 rings (SSSR count). The van der Waals surface area contributed by atoms with Crippen LogP contribution >= 0.6 is 0 Å². The van der Waals surface area contributed by atoms with Gasteiger partial charge in [-0.1, -0.05) is 30.3 Å². The average Bonchev–Trinajstić information content (AvgIpc) is 2.17. The molecule has 1 aromatic carbocycles. The number of nitrogens with zero attached hydrogens (tertiary/aromatic N) is 1. The predicted molar refractivity (Wildman–Crippen MR) is 52.4 cm³/mol. The number of carbonyl (C=O) groups is 1. The first-order valence-corrected chi connectivity index (χ1v) is 4.57. The molecule has 0 aliphatic carbocycles. The Bertz CT molecular complexity index is 256. The van der Waals surface area contributed by atoms with Crippen LogP contribution in [0.4, 0.5) is 0 Å². The van der Waals surface area contributed by atoms with E-state index >= 15 is 0 Å². The van der Waals surface area contributed by atoms with Gasteiger partial charge in [-0.25, -0.2) is 0 Å². The molecule has 2 heteroatoms. The van der Waals surface area contributed by atoms with Crippen molar-refractivity contribution in [3.63, 3.8) is 0 Å². The molecule has 0 fully saturated rings. The van der Waals surface area contributed by atoms with Gasteiger partial charge in [0, 0.05) is 13.0 Å². The fourth-order valence-corrected chi connectivity index (χ4v) is 1.15. The third-order valence-electron chi connectivity index (χ3n) is 1.80. The van der Waals surface area contributed by atoms with E-state index in [1.165, 1.54) is 5.56 Å². The van der Waals surface area contributed by atoms with Crippen molar-refractivity contribution in [2.45, 2.75) is 19.8 Å². The van der Waals surface area contributed by atoms with Crippen molar-refractivity contribution in [1.82, 2.24) is 5.32 Å². The summed E-state index contributed by atoms with van der Waals surface area (Å²) < 4.78 is 0. The summed E-state index contributed by atoms with van der Waals surface area (Å²) in [5, 5.41) is 3.80. The molecule has 0 saturated carbocycles. The van der Waals surface area contributed by atoms with Gasteiger partial charge < -0.3 is 0 Å². The van der Waals surface area contributed by atoms with Gasteiger partial charge in [0.15, 0.2) is 0 Å². The molecular formula is C11H14NO. The average molecular weight is 176 g/mol. The van der Waals surface area contributed by atoms with Gasteiger partial charge in [-0.15, -0.1) is 0 Å². The summed E-state index contributed by atoms with van der Waals surface area (Å²) in [6, 6.07) is 9.99. The summed E-state index contributed by atoms with van der Waals surface area (Å²) in [5.41, 5.74) is 1.20. The van der Waals surface area contributed by atoms with Gasteiger partial charge >= 0.3 is 0 Å². The first kappa shape index (κ1) is 9.78. The number of amides is 1. The van der Waals surface area contributed by atoms with E-state index in [1.54, 1.807) is 0 Å². The maximum atomic E-state index is 11.0. The Morgan fingerprint density at radius 3 is 2.62 bits per heavy atom. The third kappa shape index (κ3) is 3.74. The number of carbonyl (C=O) groups excluding carboxylic acids is 1. The summed E-state index contributed by atoms with van der Waals surface area (Å²) >= 11 is 0. The summed E-state index contributed by atoms with van der Waals surface area (Å²) in [4.78, 5) is 11.0. The molecule has 0 unspecified atom stereocenters. The number of aryl methyl sites for hydroxylation is 1. The Kier molecular flexibility index (Phi) is 4.03. The van der Waals surface area contributed by atoms with Crippen LogP contribution in [0, 0.1) is 0 Å². The quantitative estimate of drug-likeness (QED) is 0.687. The van der Waals surface area contributed by atoms with Crippen molar-refractivity contribution in [1.29, 1.82) is 0 Å². The zero-order valence-electron chi connectivity index (χ0n) is 7.86. The molecule has 1 amide bonds. The SMILES string of the molecule is CC[N]C(=O)CCc1ccccc1. The van der Waals surface area contributed by atoms with Crippen molar-refractivity contribution in [3.05, 3.63) is 35.9 Å². The highest BCUT2D eigenvalue weighted by molar-refractivity contribution is 5.75. The van der Waals surface area contributed by atoms with Crippen LogP contribution < -0.4 is 5.32 Å². The first-order chi connectivity index (χ1) is 6.33. The largest absolute Gasteiger partial charge is 0.273 e. The fraction of sp³-hybridized carbons (Fsp3) is 0.364. The highest BCUT2D eigenvalue weighted by Gasteiger charge is 2.00. The molecule has 1 aromatic rings. The number of rotatable bonds is 4. The highest BCUT2D eigenvalue weighted by atomic mass is 16.1. The molecule has 0 bridgehead atoms. The van der Waals surface area contributed by atoms with Crippen LogP contribution in [-0.4, -0.2) is 12.5 Å². The Hall–Kier alpha value is -1.31. The van der Waals surface area contributed by atoms with Crippen LogP contribution in [0.15, 0.2) is 30.3 Å². The molecule has 0 aliphatic heterocycles. The highest BCUT2D eigenvalue weighted by Crippen LogP contribution is 2.01. The van der Waals surface area contributed by atoms with Crippen molar-refractivity contribution in [3.8, 4) is 0 Å². The Balaban J connectivity index is 2.31. The van der Waals surface area contributed by atoms with Crippen molar-refractivity contribution >= 4 is 5.91 Å². The summed E-state index contributed by atoms with van der Waals surface area (Å²) in [6.45, 7) is 2.47. The van der Waals surface area contributed by atoms with Crippen LogP contribution in [-0.2, 0) is 11.2 Å². The zero-order valence-corrected chi connectivity index (χ0v) is 7.86. The lowest BCUT2D eigenvalue weighted by Crippen LogP contribution is -2.15. The van der Waals surface area contributed by atoms with Crippen LogP contribution in [0.2, 0.25) is 0 Å². The number of hydrogen-bond acceptors (Lipinski definition) is 1. The van der Waals surface area contributed by atoms with Gasteiger partial charge in [-0.05, 0) is 18.9 Å². The van der Waals surface area contributed by atoms with Gasteiger partial charge in [-0.3, -0.25) is 10.1 Å². The van der Waals surface area contributed by atoms with E-state index in [0.29, 0.717) is 13.0 Å². The number of benzene rings is 1. The molecule has 0 N–H and O–H groups in total. The van der Waals surface area contributed by atoms with Gasteiger partial charge in [0.1, 0.15) is 0 Å². The summed E-state index contributed by atoms with van der Waals surface area (Å²) in [6.07, 6.45) is 1.32. The molecule has 0 spiro atoms. The molecule has 0 saturated heterocycles. The lowest BCUT2D eigenvalue weighted by atomic mass is 10.1. The molecule has 1 radical (unpaired) electrons. The maximum Gasteiger partial charge on any atom is 0.241 e. The molecule has 0 aliphatic rings. The molecule has 0 heterocycles. The van der Waals surface area contributed by atoms with Gasteiger partial charge in [-0.2, -0.15) is 0 Å². The summed E-state index contributed by atoms with van der Waals surface area (Å²) in [5.74, 6) is 0.00588. The Labute approximate surface area is 79.0 Å². The van der Waals surface area contributed by atoms with Gasteiger partial charge in [0.2, 0.25) is 5.91 Å². The lowest BCUT2D eigenvalue weighted by Gasteiger charge is -1.99. The topological polar surface area (TPSA) is 31.2 Å². The van der Waals surface area contributed by atoms with E-state index in [1.807, 2.05) is 37.3 Å². The van der Waals surface area contributed by atoms with Crippen molar-refractivity contribution in [2.75, 3.05) is 6.54 Å². The van der Waals surface area contributed by atoms with E-state index in [2.05, 4.69) is 5.32 Å². The van der Waals surface area contributed by atoms with E-state index in [-0.39, 0.29) is 5.91 Å². The minimum atomic E-state index is 0.00588. The molecule has 0 atom stereocenters. The molecule has 2 nitrogen and oxygen atoms in total. The van der Waals surface area contributed by atoms with Crippen molar-refractivity contribution in [2.24, 2.45) is 0 Å². The van der Waals surface area contributed by atoms with E-state index < -0.39 is 0 Å². The zero-order chi connectivity index (χ0) is 9.52. The minimum Gasteiger partial charge on any atom is -0.273 e. The van der Waals surface area contributed by atoms with Crippen molar-refractivity contribution < 1.29 is 4.79 Å². The molecule has 13 heavy (non-hydrogen) atoms. The summed E-state index contributed by atoms with van der Waals surface area (Å²) in [7, 11) is 0. The first-order valence-electron chi connectivity index (χ1n) is 4.57. The molecule has 69 valence electrons.